The largest absolute Gasteiger partial charge is 0.449 e. The van der Waals surface area contributed by atoms with E-state index in [2.05, 4.69) is 57.8 Å². The van der Waals surface area contributed by atoms with Crippen LogP contribution in [0.15, 0.2) is 78.1 Å². The van der Waals surface area contributed by atoms with Crippen LogP contribution >= 0.6 is 43.6 Å². The van der Waals surface area contributed by atoms with Crippen molar-refractivity contribution in [3.05, 3.63) is 85.5 Å². The number of aliphatic imine (C=N–C) groups is 1. The summed E-state index contributed by atoms with van der Waals surface area (Å²) in [5, 5.41) is 0.620. The maximum Gasteiger partial charge on any atom is 0.271 e. The Morgan fingerprint density at radius 2 is 1.61 bits per heavy atom. The van der Waals surface area contributed by atoms with Gasteiger partial charge in [-0.25, -0.2) is 4.99 Å². The summed E-state index contributed by atoms with van der Waals surface area (Å²) in [6.07, 6.45) is 3.67. The summed E-state index contributed by atoms with van der Waals surface area (Å²) in [5.74, 6) is 0.464. The Bertz CT molecular complexity index is 1150. The molecule has 0 spiro atoms. The SMILES string of the molecule is CCc1ccc(N=C2S/C(=C/c3cc(Br)c(Br)o3)C(=O)N2c2ccc(CC)cc2)cc1. The predicted octanol–water partition coefficient (Wildman–Crippen LogP) is 7.74. The molecule has 0 N–H and O–H groups in total. The summed E-state index contributed by atoms with van der Waals surface area (Å²) < 4.78 is 7.03. The maximum absolute atomic E-state index is 13.3. The molecule has 1 fully saturated rings. The van der Waals surface area contributed by atoms with Crippen LogP contribution in [0.2, 0.25) is 0 Å². The zero-order chi connectivity index (χ0) is 22.0. The number of carbonyl (C=O) groups is 1. The minimum Gasteiger partial charge on any atom is -0.449 e. The lowest BCUT2D eigenvalue weighted by Gasteiger charge is -2.16. The van der Waals surface area contributed by atoms with Gasteiger partial charge in [0.15, 0.2) is 9.84 Å². The van der Waals surface area contributed by atoms with E-state index in [0.717, 1.165) is 28.7 Å². The first kappa shape index (κ1) is 22.1. The molecule has 0 saturated carbocycles. The Labute approximate surface area is 202 Å². The third-order valence-electron chi connectivity index (χ3n) is 4.92. The highest BCUT2D eigenvalue weighted by molar-refractivity contribution is 9.13. The monoisotopic (exact) mass is 558 g/mol. The summed E-state index contributed by atoms with van der Waals surface area (Å²) >= 11 is 8.10. The minimum absolute atomic E-state index is 0.123. The summed E-state index contributed by atoms with van der Waals surface area (Å²) in [5.41, 5.74) is 4.08. The average Bonchev–Trinajstić information content (AvgIpc) is 3.26. The van der Waals surface area contributed by atoms with Crippen molar-refractivity contribution in [2.75, 3.05) is 4.90 Å². The van der Waals surface area contributed by atoms with Gasteiger partial charge in [-0.05, 0) is 97.9 Å². The molecule has 0 bridgehead atoms. The first-order valence-electron chi connectivity index (χ1n) is 9.94. The van der Waals surface area contributed by atoms with Gasteiger partial charge in [0.1, 0.15) is 5.76 Å². The van der Waals surface area contributed by atoms with Crippen molar-refractivity contribution in [2.45, 2.75) is 26.7 Å². The number of aryl methyl sites for hydroxylation is 2. The van der Waals surface area contributed by atoms with E-state index in [9.17, 15) is 4.79 Å². The zero-order valence-corrected chi connectivity index (χ0v) is 21.1. The van der Waals surface area contributed by atoms with Gasteiger partial charge in [0.05, 0.1) is 20.8 Å². The Balaban J connectivity index is 1.74. The van der Waals surface area contributed by atoms with Crippen molar-refractivity contribution >= 4 is 72.1 Å². The number of furan rings is 1. The van der Waals surface area contributed by atoms with Crippen molar-refractivity contribution in [1.82, 2.24) is 0 Å². The summed E-state index contributed by atoms with van der Waals surface area (Å²) in [4.78, 5) is 20.4. The first-order chi connectivity index (χ1) is 15.0. The third kappa shape index (κ3) is 4.89. The maximum atomic E-state index is 13.3. The highest BCUT2D eigenvalue weighted by Gasteiger charge is 2.35. The van der Waals surface area contributed by atoms with Gasteiger partial charge in [-0.15, -0.1) is 0 Å². The molecule has 3 aromatic rings. The van der Waals surface area contributed by atoms with Crippen LogP contribution in [0.1, 0.15) is 30.7 Å². The van der Waals surface area contributed by atoms with Crippen molar-refractivity contribution in [3.63, 3.8) is 0 Å². The number of thioether (sulfide) groups is 1. The quantitative estimate of drug-likeness (QED) is 0.300. The first-order valence-corrected chi connectivity index (χ1v) is 12.3. The number of rotatable bonds is 5. The number of carbonyl (C=O) groups excluding carboxylic acids is 1. The summed E-state index contributed by atoms with van der Waals surface area (Å²) in [6, 6.07) is 17.9. The number of nitrogens with zero attached hydrogens (tertiary/aromatic N) is 2. The van der Waals surface area contributed by atoms with Crippen LogP contribution in [-0.4, -0.2) is 11.1 Å². The molecule has 1 saturated heterocycles. The second-order valence-corrected chi connectivity index (χ2v) is 9.54. The van der Waals surface area contributed by atoms with Gasteiger partial charge in [0.25, 0.3) is 5.91 Å². The van der Waals surface area contributed by atoms with Gasteiger partial charge in [0, 0.05) is 6.08 Å². The number of benzene rings is 2. The zero-order valence-electron chi connectivity index (χ0n) is 17.1. The number of hydrogen-bond donors (Lipinski definition) is 0. The van der Waals surface area contributed by atoms with E-state index < -0.39 is 0 Å². The van der Waals surface area contributed by atoms with Crippen molar-refractivity contribution in [3.8, 4) is 0 Å². The lowest BCUT2D eigenvalue weighted by Crippen LogP contribution is -2.28. The van der Waals surface area contributed by atoms with E-state index in [-0.39, 0.29) is 5.91 Å². The molecule has 158 valence electrons. The van der Waals surface area contributed by atoms with E-state index in [1.807, 2.05) is 42.5 Å². The molecule has 4 nitrogen and oxygen atoms in total. The molecule has 7 heteroatoms. The standard InChI is InChI=1S/C24H20Br2N2O2S/c1-3-15-5-9-17(10-6-15)27-24-28(18-11-7-16(4-2)8-12-18)23(29)21(31-24)14-19-13-20(25)22(26)30-19/h5-14H,3-4H2,1-2H3/b21-14+,27-24?. The number of amidine groups is 1. The van der Waals surface area contributed by atoms with Crippen LogP contribution in [0.5, 0.6) is 0 Å². The van der Waals surface area contributed by atoms with E-state index in [0.29, 0.717) is 20.5 Å². The second-order valence-electron chi connectivity index (χ2n) is 6.96. The normalized spacial score (nSPS) is 16.6. The Morgan fingerprint density at radius 1 is 1.00 bits per heavy atom. The number of anilines is 1. The summed E-state index contributed by atoms with van der Waals surface area (Å²) in [7, 11) is 0. The molecule has 1 aliphatic rings. The fraction of sp³-hybridized carbons (Fsp3) is 0.167. The second kappa shape index (κ2) is 9.59. The third-order valence-corrected chi connectivity index (χ3v) is 7.60. The van der Waals surface area contributed by atoms with Gasteiger partial charge in [0.2, 0.25) is 0 Å². The van der Waals surface area contributed by atoms with Gasteiger partial charge in [-0.1, -0.05) is 38.1 Å². The molecule has 0 radical (unpaired) electrons. The van der Waals surface area contributed by atoms with Crippen LogP contribution in [0.3, 0.4) is 0 Å². The Hall–Kier alpha value is -2.09. The minimum atomic E-state index is -0.123. The molecular weight excluding hydrogens is 540 g/mol. The molecule has 0 atom stereocenters. The Kier molecular flexibility index (Phi) is 6.84. The molecule has 4 rings (SSSR count). The number of hydrogen-bond acceptors (Lipinski definition) is 4. The molecule has 0 aliphatic carbocycles. The molecule has 2 aromatic carbocycles. The highest BCUT2D eigenvalue weighted by atomic mass is 79.9. The van der Waals surface area contributed by atoms with Crippen LogP contribution in [0, 0.1) is 0 Å². The van der Waals surface area contributed by atoms with E-state index in [1.165, 1.54) is 22.9 Å². The van der Waals surface area contributed by atoms with Crippen LogP contribution < -0.4 is 4.90 Å². The number of amides is 1. The molecule has 1 aliphatic heterocycles. The average molecular weight is 560 g/mol. The van der Waals surface area contributed by atoms with E-state index in [1.54, 1.807) is 11.0 Å². The smallest absolute Gasteiger partial charge is 0.271 e. The summed E-state index contributed by atoms with van der Waals surface area (Å²) in [6.45, 7) is 4.23. The highest BCUT2D eigenvalue weighted by Crippen LogP contribution is 2.38. The van der Waals surface area contributed by atoms with Crippen molar-refractivity contribution < 1.29 is 9.21 Å². The topological polar surface area (TPSA) is 45.8 Å². The molecule has 1 amide bonds. The van der Waals surface area contributed by atoms with Crippen molar-refractivity contribution in [1.29, 1.82) is 0 Å². The fourth-order valence-corrected chi connectivity index (χ4v) is 4.73. The van der Waals surface area contributed by atoms with Gasteiger partial charge < -0.3 is 4.42 Å². The van der Waals surface area contributed by atoms with E-state index >= 15 is 0 Å². The van der Waals surface area contributed by atoms with Gasteiger partial charge >= 0.3 is 0 Å². The van der Waals surface area contributed by atoms with E-state index in [4.69, 9.17) is 9.41 Å². The van der Waals surface area contributed by atoms with Gasteiger partial charge in [-0.2, -0.15) is 0 Å². The van der Waals surface area contributed by atoms with Gasteiger partial charge in [-0.3, -0.25) is 9.69 Å². The molecule has 0 unspecified atom stereocenters. The molecule has 1 aromatic heterocycles. The molecular formula is C24H20Br2N2O2S. The van der Waals surface area contributed by atoms with Crippen LogP contribution in [0.25, 0.3) is 6.08 Å². The molecule has 31 heavy (non-hydrogen) atoms. The van der Waals surface area contributed by atoms with Crippen LogP contribution in [-0.2, 0) is 17.6 Å². The predicted molar refractivity (Wildman–Crippen MR) is 136 cm³/mol. The molecule has 2 heterocycles. The lowest BCUT2D eigenvalue weighted by molar-refractivity contribution is -0.113. The fourth-order valence-electron chi connectivity index (χ4n) is 3.14. The Morgan fingerprint density at radius 3 is 2.16 bits per heavy atom. The van der Waals surface area contributed by atoms with Crippen molar-refractivity contribution in [2.24, 2.45) is 4.99 Å². The lowest BCUT2D eigenvalue weighted by atomic mass is 10.1. The van der Waals surface area contributed by atoms with Crippen LogP contribution in [0.4, 0.5) is 11.4 Å². The number of halogens is 2.